The van der Waals surface area contributed by atoms with Gasteiger partial charge in [-0.15, -0.1) is 11.8 Å². The number of carbonyl (C=O) groups is 5. The Labute approximate surface area is 399 Å². The number of carbonyl (C=O) groups excluding carboxylic acids is 5. The van der Waals surface area contributed by atoms with Crippen molar-refractivity contribution in [2.75, 3.05) is 11.4 Å². The molecule has 2 fully saturated rings. The van der Waals surface area contributed by atoms with Gasteiger partial charge in [-0.05, 0) is 96.3 Å². The average molecular weight is 923 g/mol. The van der Waals surface area contributed by atoms with Crippen LogP contribution >= 0.6 is 11.8 Å². The molecule has 2 N–H and O–H groups in total. The second kappa shape index (κ2) is 19.3. The van der Waals surface area contributed by atoms with E-state index < -0.39 is 52.7 Å². The smallest absolute Gasteiger partial charge is 0.408 e. The van der Waals surface area contributed by atoms with E-state index in [2.05, 4.69) is 10.6 Å². The molecule has 3 aliphatic heterocycles. The van der Waals surface area contributed by atoms with Gasteiger partial charge in [0.1, 0.15) is 22.6 Å². The molecule has 4 amide bonds. The zero-order valence-corrected chi connectivity index (χ0v) is 38.6. The first-order valence-corrected chi connectivity index (χ1v) is 23.4. The molecule has 3 aliphatic rings. The van der Waals surface area contributed by atoms with Crippen LogP contribution in [0.1, 0.15) is 71.5 Å². The molecule has 6 aromatic carbocycles. The number of fused-ring (bicyclic) bond motifs is 1. The van der Waals surface area contributed by atoms with Gasteiger partial charge in [0, 0.05) is 23.4 Å². The van der Waals surface area contributed by atoms with E-state index in [0.717, 1.165) is 27.8 Å². The fraction of sp³-hybridized carbons (Fsp3) is 0.196. The topological polar surface area (TPSA) is 134 Å². The van der Waals surface area contributed by atoms with Gasteiger partial charge in [-0.3, -0.25) is 14.4 Å². The Balaban J connectivity index is 0.978. The molecule has 0 saturated carbocycles. The lowest BCUT2D eigenvalue weighted by Crippen LogP contribution is -2.74. The summed E-state index contributed by atoms with van der Waals surface area (Å²) in [4.78, 5) is 73.1. The zero-order valence-electron chi connectivity index (χ0n) is 37.8. The van der Waals surface area contributed by atoms with Gasteiger partial charge in [0.25, 0.3) is 11.8 Å². The predicted molar refractivity (Wildman–Crippen MR) is 262 cm³/mol. The number of ether oxygens (including phenoxy) is 2. The van der Waals surface area contributed by atoms with Crippen LogP contribution in [0.5, 0.6) is 0 Å². The molecule has 9 rings (SSSR count). The lowest BCUT2D eigenvalue weighted by Gasteiger charge is -2.51. The molecular weight excluding hydrogens is 873 g/mol. The largest absolute Gasteiger partial charge is 0.451 e. The summed E-state index contributed by atoms with van der Waals surface area (Å²) in [6, 6.07) is 53.1. The van der Waals surface area contributed by atoms with E-state index >= 15 is 0 Å². The molecule has 0 unspecified atom stereocenters. The third-order valence-corrected chi connectivity index (χ3v) is 13.4. The highest BCUT2D eigenvalue weighted by atomic mass is 32.2. The fourth-order valence-electron chi connectivity index (χ4n) is 8.98. The highest BCUT2D eigenvalue weighted by Crippen LogP contribution is 2.43. The maximum absolute atomic E-state index is 14.6. The minimum Gasteiger partial charge on any atom is -0.451 e. The minimum absolute atomic E-state index is 0.274. The summed E-state index contributed by atoms with van der Waals surface area (Å²) in [5.74, 6) is -1.74. The first-order valence-electron chi connectivity index (χ1n) is 22.5. The number of β-lactam (4-membered cyclic amide) rings is 1. The Kier molecular flexibility index (Phi) is 12.9. The minimum atomic E-state index is -1.22. The third-order valence-electron chi connectivity index (χ3n) is 12.2. The number of benzene rings is 6. The predicted octanol–water partition coefficient (Wildman–Crippen LogP) is 9.47. The van der Waals surface area contributed by atoms with Crippen molar-refractivity contribution in [3.8, 4) is 0 Å². The monoisotopic (exact) mass is 922 g/mol. The molecule has 0 aliphatic carbocycles. The molecule has 3 atom stereocenters. The van der Waals surface area contributed by atoms with Crippen LogP contribution in [-0.4, -0.2) is 64.3 Å². The van der Waals surface area contributed by atoms with Gasteiger partial charge in [0.2, 0.25) is 5.91 Å². The SMILES string of the molecule is CC(C)(C)OC(=O)N[C@@H]1C(=O)N2[C@@H](C(=O)OC(c3ccccc3)c3ccccc3)C(/C=C3\CCN(c4ccc(C(=O)NC(c5ccccc5)(c5ccccc5)c5ccccc5)cc4)C3=O)=CS[C@H]12. The Bertz CT molecular complexity index is 2740. The summed E-state index contributed by atoms with van der Waals surface area (Å²) < 4.78 is 11.8. The van der Waals surface area contributed by atoms with E-state index in [0.29, 0.717) is 35.4 Å². The van der Waals surface area contributed by atoms with Crippen molar-refractivity contribution < 1.29 is 33.4 Å². The Morgan fingerprint density at radius 1 is 0.691 bits per heavy atom. The summed E-state index contributed by atoms with van der Waals surface area (Å²) in [6.07, 6.45) is 0.497. The molecule has 6 aromatic rings. The summed E-state index contributed by atoms with van der Waals surface area (Å²) in [6.45, 7) is 5.55. The van der Waals surface area contributed by atoms with E-state index in [1.165, 1.54) is 16.7 Å². The van der Waals surface area contributed by atoms with Gasteiger partial charge < -0.3 is 29.9 Å². The Morgan fingerprint density at radius 3 is 1.69 bits per heavy atom. The van der Waals surface area contributed by atoms with Crippen molar-refractivity contribution in [2.24, 2.45) is 0 Å². The number of nitrogens with zero attached hydrogens (tertiary/aromatic N) is 2. The van der Waals surface area contributed by atoms with Crippen LogP contribution in [0, 0.1) is 0 Å². The molecule has 68 heavy (non-hydrogen) atoms. The first-order chi connectivity index (χ1) is 32.9. The van der Waals surface area contributed by atoms with Crippen LogP contribution in [0.2, 0.25) is 0 Å². The molecule has 0 spiro atoms. The van der Waals surface area contributed by atoms with E-state index in [-0.39, 0.29) is 11.8 Å². The van der Waals surface area contributed by atoms with E-state index in [1.807, 2.05) is 152 Å². The van der Waals surface area contributed by atoms with Crippen molar-refractivity contribution in [3.63, 3.8) is 0 Å². The summed E-state index contributed by atoms with van der Waals surface area (Å²) in [7, 11) is 0. The highest BCUT2D eigenvalue weighted by molar-refractivity contribution is 8.03. The molecule has 0 bridgehead atoms. The number of hydrogen-bond acceptors (Lipinski definition) is 8. The van der Waals surface area contributed by atoms with Crippen molar-refractivity contribution >= 4 is 47.2 Å². The van der Waals surface area contributed by atoms with E-state index in [4.69, 9.17) is 9.47 Å². The standard InChI is InChI=1S/C56H50N4O7S/c1-55(2,3)67-54(65)57-46-51(63)60-47(53(64)66-48(37-19-9-4-10-20-37)38-21-11-5-12-22-38)41(36-68-52(46)60)35-40-33-34-59(50(40)62)45-31-29-39(30-32-45)49(61)58-56(42-23-13-6-14-24-42,43-25-15-7-16-26-43)44-27-17-8-18-28-44/h4-32,35-36,46-48,52H,33-34H2,1-3H3,(H,57,65)(H,58,61)/b40-35+/t46-,47-,52-/m1/s1. The van der Waals surface area contributed by atoms with Crippen molar-refractivity contribution in [1.82, 2.24) is 15.5 Å². The fourth-order valence-corrected chi connectivity index (χ4v) is 10.2. The lowest BCUT2D eigenvalue weighted by atomic mass is 9.77. The second-order valence-corrected chi connectivity index (χ2v) is 18.8. The molecule has 0 aromatic heterocycles. The number of nitrogens with one attached hydrogen (secondary N) is 2. The number of hydrogen-bond donors (Lipinski definition) is 2. The highest BCUT2D eigenvalue weighted by Gasteiger charge is 2.57. The molecule has 12 heteroatoms. The van der Waals surface area contributed by atoms with E-state index in [9.17, 15) is 24.0 Å². The van der Waals surface area contributed by atoms with E-state index in [1.54, 1.807) is 61.4 Å². The molecule has 11 nitrogen and oxygen atoms in total. The number of rotatable bonds is 12. The summed E-state index contributed by atoms with van der Waals surface area (Å²) >= 11 is 1.27. The van der Waals surface area contributed by atoms with Crippen LogP contribution in [0.15, 0.2) is 199 Å². The summed E-state index contributed by atoms with van der Waals surface area (Å²) in [5.41, 5.74) is 4.22. The number of alkyl carbamates (subject to hydrolysis) is 1. The number of amides is 4. The normalized spacial score (nSPS) is 18.6. The number of esters is 1. The maximum atomic E-state index is 14.6. The molecule has 342 valence electrons. The number of anilines is 1. The second-order valence-electron chi connectivity index (χ2n) is 17.8. The van der Waals surface area contributed by atoms with Crippen LogP contribution in [0.4, 0.5) is 10.5 Å². The molecule has 2 saturated heterocycles. The average Bonchev–Trinajstić information content (AvgIpc) is 3.73. The summed E-state index contributed by atoms with van der Waals surface area (Å²) in [5, 5.41) is 7.21. The van der Waals surface area contributed by atoms with Crippen LogP contribution in [0.3, 0.4) is 0 Å². The van der Waals surface area contributed by atoms with Crippen molar-refractivity contribution in [3.05, 3.63) is 232 Å². The molecule has 0 radical (unpaired) electrons. The van der Waals surface area contributed by atoms with Crippen molar-refractivity contribution in [2.45, 2.75) is 61.9 Å². The number of thioether (sulfide) groups is 1. The quantitative estimate of drug-likeness (QED) is 0.0537. The third kappa shape index (κ3) is 9.19. The Hall–Kier alpha value is -7.70. The van der Waals surface area contributed by atoms with Crippen LogP contribution < -0.4 is 15.5 Å². The van der Waals surface area contributed by atoms with Gasteiger partial charge in [-0.25, -0.2) is 9.59 Å². The van der Waals surface area contributed by atoms with Crippen LogP contribution in [0.25, 0.3) is 0 Å². The first kappa shape index (κ1) is 45.5. The van der Waals surface area contributed by atoms with Gasteiger partial charge >= 0.3 is 12.1 Å². The van der Waals surface area contributed by atoms with Crippen LogP contribution in [-0.2, 0) is 29.4 Å². The van der Waals surface area contributed by atoms with Gasteiger partial charge in [-0.2, -0.15) is 0 Å². The van der Waals surface area contributed by atoms with Crippen molar-refractivity contribution in [1.29, 1.82) is 0 Å². The maximum Gasteiger partial charge on any atom is 0.408 e. The Morgan fingerprint density at radius 2 is 1.19 bits per heavy atom. The molecular formula is C56H50N4O7S. The lowest BCUT2D eigenvalue weighted by molar-refractivity contribution is -0.164. The zero-order chi connectivity index (χ0) is 47.4. The van der Waals surface area contributed by atoms with Gasteiger partial charge in [-0.1, -0.05) is 152 Å². The molecule has 3 heterocycles. The van der Waals surface area contributed by atoms with Gasteiger partial charge in [0.05, 0.1) is 0 Å². The van der Waals surface area contributed by atoms with Gasteiger partial charge in [0.15, 0.2) is 12.1 Å².